The maximum absolute atomic E-state index is 12.0. The molecule has 88 valence electrons. The summed E-state index contributed by atoms with van der Waals surface area (Å²) in [5, 5.41) is 1.61. The molecule has 0 unspecified atom stereocenters. The maximum atomic E-state index is 12.0. The van der Waals surface area contributed by atoms with Gasteiger partial charge in [0.1, 0.15) is 0 Å². The lowest BCUT2D eigenvalue weighted by atomic mass is 10.1. The molecule has 0 aliphatic heterocycles. The summed E-state index contributed by atoms with van der Waals surface area (Å²) < 4.78 is 0. The lowest BCUT2D eigenvalue weighted by Crippen LogP contribution is -2.07. The van der Waals surface area contributed by atoms with Gasteiger partial charge in [0, 0.05) is 16.6 Å². The third kappa shape index (κ3) is 1.66. The number of rotatable bonds is 1. The van der Waals surface area contributed by atoms with Gasteiger partial charge in [0.05, 0.1) is 5.69 Å². The first-order valence-electron chi connectivity index (χ1n) is 5.72. The first kappa shape index (κ1) is 10.6. The van der Waals surface area contributed by atoms with Crippen LogP contribution < -0.4 is 11.3 Å². The van der Waals surface area contributed by atoms with Gasteiger partial charge < -0.3 is 10.7 Å². The molecule has 2 aromatic carbocycles. The number of fused-ring (bicyclic) bond motifs is 1. The number of aromatic nitrogens is 1. The Hall–Kier alpha value is -2.55. The number of hydrogen-bond donors (Lipinski definition) is 2. The van der Waals surface area contributed by atoms with E-state index in [1.807, 2.05) is 54.6 Å². The predicted octanol–water partition coefficient (Wildman–Crippen LogP) is 2.78. The van der Waals surface area contributed by atoms with Crippen LogP contribution >= 0.6 is 0 Å². The molecule has 0 aliphatic rings. The minimum absolute atomic E-state index is 0.0913. The number of aromatic amines is 1. The first-order valence-corrected chi connectivity index (χ1v) is 5.72. The van der Waals surface area contributed by atoms with Gasteiger partial charge in [-0.1, -0.05) is 36.4 Å². The van der Waals surface area contributed by atoms with Crippen molar-refractivity contribution in [2.75, 3.05) is 5.73 Å². The van der Waals surface area contributed by atoms with Gasteiger partial charge in [-0.25, -0.2) is 0 Å². The van der Waals surface area contributed by atoms with Gasteiger partial charge in [-0.15, -0.1) is 0 Å². The van der Waals surface area contributed by atoms with Crippen LogP contribution in [-0.4, -0.2) is 4.98 Å². The number of para-hydroxylation sites is 1. The zero-order valence-electron chi connectivity index (χ0n) is 9.68. The Bertz CT molecular complexity index is 775. The van der Waals surface area contributed by atoms with Crippen LogP contribution in [0.15, 0.2) is 59.4 Å². The van der Waals surface area contributed by atoms with E-state index in [-0.39, 0.29) is 5.56 Å². The largest absolute Gasteiger partial charge is 0.398 e. The summed E-state index contributed by atoms with van der Waals surface area (Å²) >= 11 is 0. The van der Waals surface area contributed by atoms with Crippen molar-refractivity contribution in [2.45, 2.75) is 0 Å². The normalized spacial score (nSPS) is 10.7. The van der Waals surface area contributed by atoms with E-state index in [0.29, 0.717) is 11.1 Å². The fourth-order valence-corrected chi connectivity index (χ4v) is 2.10. The second-order valence-corrected chi connectivity index (χ2v) is 4.19. The first-order chi connectivity index (χ1) is 8.75. The van der Waals surface area contributed by atoms with Crippen molar-refractivity contribution < 1.29 is 0 Å². The lowest BCUT2D eigenvalue weighted by Gasteiger charge is -2.06. The molecule has 3 rings (SSSR count). The number of benzene rings is 2. The number of nitrogens with one attached hydrogen (secondary N) is 1. The highest BCUT2D eigenvalue weighted by Gasteiger charge is 2.05. The Morgan fingerprint density at radius 1 is 0.944 bits per heavy atom. The van der Waals surface area contributed by atoms with E-state index in [9.17, 15) is 4.79 Å². The number of pyridine rings is 1. The van der Waals surface area contributed by atoms with Gasteiger partial charge in [0.2, 0.25) is 0 Å². The summed E-state index contributed by atoms with van der Waals surface area (Å²) in [5.41, 5.74) is 8.08. The SMILES string of the molecule is Nc1ccccc1-c1cc2ccccc2c(=O)[nH]1. The second-order valence-electron chi connectivity index (χ2n) is 4.19. The number of nitrogens with two attached hydrogens (primary N) is 1. The Balaban J connectivity index is 2.32. The molecule has 0 bridgehead atoms. The van der Waals surface area contributed by atoms with Gasteiger partial charge in [-0.3, -0.25) is 4.79 Å². The molecular formula is C15H12N2O. The smallest absolute Gasteiger partial charge is 0.256 e. The van der Waals surface area contributed by atoms with Crippen LogP contribution in [0.3, 0.4) is 0 Å². The van der Waals surface area contributed by atoms with Crippen LogP contribution in [0.2, 0.25) is 0 Å². The average molecular weight is 236 g/mol. The molecule has 3 aromatic rings. The molecule has 0 fully saturated rings. The molecule has 18 heavy (non-hydrogen) atoms. The van der Waals surface area contributed by atoms with Crippen LogP contribution in [0.1, 0.15) is 0 Å². The molecule has 0 radical (unpaired) electrons. The van der Waals surface area contributed by atoms with E-state index >= 15 is 0 Å². The molecule has 0 saturated carbocycles. The number of H-pyrrole nitrogens is 1. The minimum atomic E-state index is -0.0913. The van der Waals surface area contributed by atoms with Gasteiger partial charge >= 0.3 is 0 Å². The zero-order valence-corrected chi connectivity index (χ0v) is 9.68. The summed E-state index contributed by atoms with van der Waals surface area (Å²) in [6.07, 6.45) is 0. The van der Waals surface area contributed by atoms with E-state index in [0.717, 1.165) is 16.6 Å². The molecule has 1 heterocycles. The van der Waals surface area contributed by atoms with Gasteiger partial charge in [-0.05, 0) is 23.6 Å². The average Bonchev–Trinajstić information content (AvgIpc) is 2.39. The summed E-state index contributed by atoms with van der Waals surface area (Å²) in [4.78, 5) is 14.9. The van der Waals surface area contributed by atoms with Crippen LogP contribution in [-0.2, 0) is 0 Å². The Morgan fingerprint density at radius 2 is 1.67 bits per heavy atom. The molecule has 0 saturated heterocycles. The molecule has 0 atom stereocenters. The predicted molar refractivity (Wildman–Crippen MR) is 74.4 cm³/mol. The van der Waals surface area contributed by atoms with Crippen LogP contribution in [0.4, 0.5) is 5.69 Å². The molecular weight excluding hydrogens is 224 g/mol. The van der Waals surface area contributed by atoms with Crippen LogP contribution in [0.5, 0.6) is 0 Å². The highest BCUT2D eigenvalue weighted by molar-refractivity contribution is 5.86. The molecule has 3 heteroatoms. The molecule has 0 amide bonds. The van der Waals surface area contributed by atoms with Crippen molar-refractivity contribution in [2.24, 2.45) is 0 Å². The molecule has 3 nitrogen and oxygen atoms in total. The molecule has 1 aromatic heterocycles. The number of anilines is 1. The highest BCUT2D eigenvalue weighted by atomic mass is 16.1. The number of hydrogen-bond acceptors (Lipinski definition) is 2. The van der Waals surface area contributed by atoms with Crippen molar-refractivity contribution in [3.63, 3.8) is 0 Å². The van der Waals surface area contributed by atoms with Gasteiger partial charge in [-0.2, -0.15) is 0 Å². The Labute approximate surface area is 104 Å². The van der Waals surface area contributed by atoms with Gasteiger partial charge in [0.25, 0.3) is 5.56 Å². The quantitative estimate of drug-likeness (QED) is 0.638. The van der Waals surface area contributed by atoms with Gasteiger partial charge in [0.15, 0.2) is 0 Å². The molecule has 3 N–H and O–H groups in total. The summed E-state index contributed by atoms with van der Waals surface area (Å²) in [6.45, 7) is 0. The van der Waals surface area contributed by atoms with Crippen LogP contribution in [0, 0.1) is 0 Å². The van der Waals surface area contributed by atoms with E-state index in [4.69, 9.17) is 5.73 Å². The second kappa shape index (κ2) is 4.04. The van der Waals surface area contributed by atoms with E-state index in [1.165, 1.54) is 0 Å². The topological polar surface area (TPSA) is 58.9 Å². The summed E-state index contributed by atoms with van der Waals surface area (Å²) in [7, 11) is 0. The summed E-state index contributed by atoms with van der Waals surface area (Å²) in [6, 6.07) is 16.9. The fraction of sp³-hybridized carbons (Fsp3) is 0. The van der Waals surface area contributed by atoms with Crippen molar-refractivity contribution in [3.05, 3.63) is 65.0 Å². The van der Waals surface area contributed by atoms with E-state index in [1.54, 1.807) is 0 Å². The third-order valence-corrected chi connectivity index (χ3v) is 3.00. The molecule has 0 aliphatic carbocycles. The Morgan fingerprint density at radius 3 is 2.50 bits per heavy atom. The zero-order chi connectivity index (χ0) is 12.5. The third-order valence-electron chi connectivity index (χ3n) is 3.00. The van der Waals surface area contributed by atoms with Crippen molar-refractivity contribution >= 4 is 16.5 Å². The van der Waals surface area contributed by atoms with Crippen molar-refractivity contribution in [1.29, 1.82) is 0 Å². The van der Waals surface area contributed by atoms with E-state index < -0.39 is 0 Å². The Kier molecular flexibility index (Phi) is 2.38. The van der Waals surface area contributed by atoms with Crippen molar-refractivity contribution in [1.82, 2.24) is 4.98 Å². The van der Waals surface area contributed by atoms with E-state index in [2.05, 4.69) is 4.98 Å². The number of nitrogen functional groups attached to an aromatic ring is 1. The highest BCUT2D eigenvalue weighted by Crippen LogP contribution is 2.24. The molecule has 0 spiro atoms. The standard InChI is InChI=1S/C15H12N2O/c16-13-8-4-3-7-12(13)14-9-10-5-1-2-6-11(10)15(18)17-14/h1-9H,16H2,(H,17,18). The minimum Gasteiger partial charge on any atom is -0.398 e. The van der Waals surface area contributed by atoms with Crippen LogP contribution in [0.25, 0.3) is 22.0 Å². The van der Waals surface area contributed by atoms with Crippen molar-refractivity contribution in [3.8, 4) is 11.3 Å². The lowest BCUT2D eigenvalue weighted by molar-refractivity contribution is 1.28. The summed E-state index contributed by atoms with van der Waals surface area (Å²) in [5.74, 6) is 0. The monoisotopic (exact) mass is 236 g/mol. The maximum Gasteiger partial charge on any atom is 0.256 e. The fourth-order valence-electron chi connectivity index (χ4n) is 2.10.